The van der Waals surface area contributed by atoms with Crippen LogP contribution in [-0.2, 0) is 4.79 Å². The lowest BCUT2D eigenvalue weighted by Crippen LogP contribution is -2.38. The number of nitro groups is 1. The highest BCUT2D eigenvalue weighted by Crippen LogP contribution is 2.32. The zero-order valence-electron chi connectivity index (χ0n) is 17.7. The molecule has 3 heterocycles. The Labute approximate surface area is 194 Å². The van der Waals surface area contributed by atoms with Crippen LogP contribution in [0, 0.1) is 16.0 Å². The fourth-order valence-corrected chi connectivity index (χ4v) is 5.04. The zero-order valence-corrected chi connectivity index (χ0v) is 18.5. The van der Waals surface area contributed by atoms with Crippen molar-refractivity contribution in [2.75, 3.05) is 23.3 Å². The van der Waals surface area contributed by atoms with Gasteiger partial charge >= 0.3 is 0 Å². The van der Waals surface area contributed by atoms with E-state index in [1.807, 2.05) is 35.2 Å². The van der Waals surface area contributed by atoms with Crippen molar-refractivity contribution >= 4 is 44.7 Å². The molecule has 2 aromatic carbocycles. The van der Waals surface area contributed by atoms with Crippen molar-refractivity contribution in [2.24, 2.45) is 5.92 Å². The third-order valence-electron chi connectivity index (χ3n) is 5.84. The van der Waals surface area contributed by atoms with Gasteiger partial charge in [-0.2, -0.15) is 0 Å². The number of nitro benzene ring substituents is 1. The van der Waals surface area contributed by atoms with Crippen LogP contribution in [0.4, 0.5) is 17.2 Å². The smallest absolute Gasteiger partial charge is 0.292 e. The largest absolute Gasteiger partial charge is 0.366 e. The van der Waals surface area contributed by atoms with E-state index in [1.165, 1.54) is 6.07 Å². The Bertz CT molecular complexity index is 1280. The number of nitrogens with zero attached hydrogens (tertiary/aromatic N) is 4. The van der Waals surface area contributed by atoms with Gasteiger partial charge in [-0.25, -0.2) is 9.97 Å². The van der Waals surface area contributed by atoms with E-state index in [4.69, 9.17) is 0 Å². The van der Waals surface area contributed by atoms with E-state index >= 15 is 0 Å². The van der Waals surface area contributed by atoms with Gasteiger partial charge in [0, 0.05) is 36.8 Å². The van der Waals surface area contributed by atoms with Gasteiger partial charge in [-0.05, 0) is 43.2 Å². The van der Waals surface area contributed by atoms with Gasteiger partial charge in [0.2, 0.25) is 5.91 Å². The Morgan fingerprint density at radius 3 is 2.55 bits per heavy atom. The van der Waals surface area contributed by atoms with Crippen molar-refractivity contribution in [2.45, 2.75) is 12.8 Å². The number of hydrogen-bond donors (Lipinski definition) is 1. The van der Waals surface area contributed by atoms with Gasteiger partial charge in [-0.3, -0.25) is 14.9 Å². The Hall–Kier alpha value is -3.85. The second-order valence-corrected chi connectivity index (χ2v) is 8.95. The molecule has 1 N–H and O–H groups in total. The van der Waals surface area contributed by atoms with Crippen LogP contribution < -0.4 is 10.2 Å². The molecular formula is C24H21N5O3S. The van der Waals surface area contributed by atoms with E-state index in [2.05, 4.69) is 15.3 Å². The van der Waals surface area contributed by atoms with Crippen molar-refractivity contribution in [3.8, 4) is 10.6 Å². The van der Waals surface area contributed by atoms with Gasteiger partial charge < -0.3 is 10.2 Å². The molecule has 1 saturated heterocycles. The molecule has 9 heteroatoms. The summed E-state index contributed by atoms with van der Waals surface area (Å²) in [5.74, 6) is 0.276. The molecule has 4 aromatic rings. The monoisotopic (exact) mass is 459 g/mol. The molecule has 0 aliphatic carbocycles. The lowest BCUT2D eigenvalue weighted by atomic mass is 9.95. The van der Waals surface area contributed by atoms with Crippen LogP contribution in [0.25, 0.3) is 20.8 Å². The Morgan fingerprint density at radius 1 is 1.06 bits per heavy atom. The second-order valence-electron chi connectivity index (χ2n) is 7.92. The summed E-state index contributed by atoms with van der Waals surface area (Å²) in [6.45, 7) is 1.18. The Kier molecular flexibility index (Phi) is 5.70. The Morgan fingerprint density at radius 2 is 1.82 bits per heavy atom. The van der Waals surface area contributed by atoms with E-state index in [0.29, 0.717) is 37.4 Å². The lowest BCUT2D eigenvalue weighted by Gasteiger charge is -2.32. The number of nitrogens with one attached hydrogen (secondary N) is 1. The fraction of sp³-hybridized carbons (Fsp3) is 0.208. The zero-order chi connectivity index (χ0) is 22.8. The molecular weight excluding hydrogens is 438 g/mol. The summed E-state index contributed by atoms with van der Waals surface area (Å²) < 4.78 is 1.12. The van der Waals surface area contributed by atoms with E-state index in [1.54, 1.807) is 41.8 Å². The number of rotatable bonds is 5. The second kappa shape index (κ2) is 8.95. The van der Waals surface area contributed by atoms with Gasteiger partial charge in [-0.15, -0.1) is 11.3 Å². The first-order valence-electron chi connectivity index (χ1n) is 10.7. The van der Waals surface area contributed by atoms with E-state index in [9.17, 15) is 14.9 Å². The number of anilines is 2. The van der Waals surface area contributed by atoms with E-state index < -0.39 is 0 Å². The average molecular weight is 460 g/mol. The fourth-order valence-electron chi connectivity index (χ4n) is 4.09. The minimum Gasteiger partial charge on any atom is -0.366 e. The molecule has 0 spiro atoms. The molecule has 0 bridgehead atoms. The molecule has 0 radical (unpaired) electrons. The quantitative estimate of drug-likeness (QED) is 0.328. The predicted molar refractivity (Wildman–Crippen MR) is 130 cm³/mol. The highest BCUT2D eigenvalue weighted by molar-refractivity contribution is 7.21. The maximum Gasteiger partial charge on any atom is 0.292 e. The summed E-state index contributed by atoms with van der Waals surface area (Å²) in [5.41, 5.74) is 2.57. The highest BCUT2D eigenvalue weighted by atomic mass is 32.1. The summed E-state index contributed by atoms with van der Waals surface area (Å²) in [5, 5.41) is 15.1. The number of carbonyl (C=O) groups is 1. The number of carbonyl (C=O) groups excluding carboxylic acids is 1. The van der Waals surface area contributed by atoms with Crippen molar-refractivity contribution < 1.29 is 9.72 Å². The number of fused-ring (bicyclic) bond motifs is 1. The third kappa shape index (κ3) is 4.40. The molecule has 2 aromatic heterocycles. The highest BCUT2D eigenvalue weighted by Gasteiger charge is 2.28. The van der Waals surface area contributed by atoms with Crippen LogP contribution in [-0.4, -0.2) is 33.9 Å². The van der Waals surface area contributed by atoms with Crippen LogP contribution in [0.3, 0.4) is 0 Å². The molecule has 0 saturated carbocycles. The topological polar surface area (TPSA) is 101 Å². The van der Waals surface area contributed by atoms with Crippen LogP contribution in [0.15, 0.2) is 66.9 Å². The molecule has 166 valence electrons. The molecule has 0 atom stereocenters. The molecule has 33 heavy (non-hydrogen) atoms. The number of benzene rings is 2. The summed E-state index contributed by atoms with van der Waals surface area (Å²) in [7, 11) is 0. The van der Waals surface area contributed by atoms with Crippen LogP contribution in [0.5, 0.6) is 0 Å². The standard InChI is InChI=1S/C24H21N5O3S/c30-23(16-11-13-28(14-12-16)19-6-2-3-7-20(19)29(31)32)27-22-10-9-17(15-25-22)24-26-18-5-1-4-8-21(18)33-24/h1-10,15-16H,11-14H2,(H,25,27,30). The minimum atomic E-state index is -0.363. The minimum absolute atomic E-state index is 0.0718. The molecule has 5 rings (SSSR count). The van der Waals surface area contributed by atoms with Crippen LogP contribution >= 0.6 is 11.3 Å². The van der Waals surface area contributed by atoms with E-state index in [-0.39, 0.29) is 22.4 Å². The van der Waals surface area contributed by atoms with Crippen molar-refractivity contribution in [1.82, 2.24) is 9.97 Å². The molecule has 1 aliphatic heterocycles. The average Bonchev–Trinajstić information content (AvgIpc) is 3.29. The molecule has 1 fully saturated rings. The van der Waals surface area contributed by atoms with Crippen molar-refractivity contribution in [3.05, 3.63) is 77.0 Å². The normalized spacial score (nSPS) is 14.4. The van der Waals surface area contributed by atoms with Crippen LogP contribution in [0.1, 0.15) is 12.8 Å². The van der Waals surface area contributed by atoms with Gasteiger partial charge in [0.15, 0.2) is 0 Å². The van der Waals surface area contributed by atoms with Crippen molar-refractivity contribution in [1.29, 1.82) is 0 Å². The SMILES string of the molecule is O=C(Nc1ccc(-c2nc3ccccc3s2)cn1)C1CCN(c2ccccc2[N+](=O)[O-])CC1. The van der Waals surface area contributed by atoms with Gasteiger partial charge in [0.05, 0.1) is 15.1 Å². The number of hydrogen-bond acceptors (Lipinski definition) is 7. The van der Waals surface area contributed by atoms with Gasteiger partial charge in [-0.1, -0.05) is 24.3 Å². The number of para-hydroxylation sites is 3. The van der Waals surface area contributed by atoms with E-state index in [0.717, 1.165) is 20.8 Å². The number of amides is 1. The third-order valence-corrected chi connectivity index (χ3v) is 6.93. The first-order chi connectivity index (χ1) is 16.1. The number of thiazole rings is 1. The summed E-state index contributed by atoms with van der Waals surface area (Å²) >= 11 is 1.61. The summed E-state index contributed by atoms with van der Waals surface area (Å²) in [6, 6.07) is 18.4. The first kappa shape index (κ1) is 21.0. The number of pyridine rings is 1. The van der Waals surface area contributed by atoms with Gasteiger partial charge in [0.1, 0.15) is 16.5 Å². The summed E-state index contributed by atoms with van der Waals surface area (Å²) in [4.78, 5) is 34.7. The molecule has 1 amide bonds. The predicted octanol–water partition coefficient (Wildman–Crippen LogP) is 5.12. The van der Waals surface area contributed by atoms with Crippen molar-refractivity contribution in [3.63, 3.8) is 0 Å². The maximum atomic E-state index is 12.8. The molecule has 0 unspecified atom stereocenters. The van der Waals surface area contributed by atoms with Gasteiger partial charge in [0.25, 0.3) is 5.69 Å². The maximum absolute atomic E-state index is 12.8. The molecule has 1 aliphatic rings. The van der Waals surface area contributed by atoms with Crippen LogP contribution in [0.2, 0.25) is 0 Å². The Balaban J connectivity index is 1.21. The lowest BCUT2D eigenvalue weighted by molar-refractivity contribution is -0.384. The molecule has 8 nitrogen and oxygen atoms in total. The number of aromatic nitrogens is 2. The first-order valence-corrected chi connectivity index (χ1v) is 11.5. The number of piperidine rings is 1. The summed E-state index contributed by atoms with van der Waals surface area (Å²) in [6.07, 6.45) is 2.98.